The molecule has 10 heteroatoms. The molecule has 2 amide bonds. The Morgan fingerprint density at radius 2 is 2.10 bits per heavy atom. The van der Waals surface area contributed by atoms with Crippen molar-refractivity contribution in [3.05, 3.63) is 40.3 Å². The van der Waals surface area contributed by atoms with Gasteiger partial charge < -0.3 is 10.1 Å². The molecule has 7 nitrogen and oxygen atoms in total. The molecule has 0 unspecified atom stereocenters. The number of hydrogen-bond donors (Lipinski definition) is 1. The monoisotopic (exact) mass is 449 g/mol. The summed E-state index contributed by atoms with van der Waals surface area (Å²) in [5.41, 5.74) is 1.23. The second-order valence-corrected chi connectivity index (χ2v) is 8.89. The fourth-order valence-electron chi connectivity index (χ4n) is 2.67. The van der Waals surface area contributed by atoms with Crippen LogP contribution in [-0.4, -0.2) is 58.1 Å². The van der Waals surface area contributed by atoms with Gasteiger partial charge in [0.15, 0.2) is 5.17 Å². The second kappa shape index (κ2) is 10.0. The minimum absolute atomic E-state index is 0.107. The molecule has 0 aromatic heterocycles. The van der Waals surface area contributed by atoms with Crippen molar-refractivity contribution in [3.63, 3.8) is 0 Å². The molecule has 1 saturated heterocycles. The summed E-state index contributed by atoms with van der Waals surface area (Å²) in [7, 11) is 1.33. The third-order valence-electron chi connectivity index (χ3n) is 4.12. The maximum atomic E-state index is 12.6. The van der Waals surface area contributed by atoms with Crippen LogP contribution >= 0.6 is 35.7 Å². The van der Waals surface area contributed by atoms with E-state index >= 15 is 0 Å². The Morgan fingerprint density at radius 3 is 2.76 bits per heavy atom. The quantitative estimate of drug-likeness (QED) is 0.406. The van der Waals surface area contributed by atoms with E-state index < -0.39 is 5.97 Å². The van der Waals surface area contributed by atoms with Gasteiger partial charge in [-0.25, -0.2) is 4.79 Å². The lowest BCUT2D eigenvalue weighted by Gasteiger charge is -2.14. The predicted octanol–water partition coefficient (Wildman–Crippen LogP) is 2.67. The van der Waals surface area contributed by atoms with Crippen molar-refractivity contribution < 1.29 is 19.1 Å². The van der Waals surface area contributed by atoms with E-state index in [1.54, 1.807) is 30.3 Å². The summed E-state index contributed by atoms with van der Waals surface area (Å²) in [6.45, 7) is 1.12. The van der Waals surface area contributed by atoms with Gasteiger partial charge >= 0.3 is 5.97 Å². The van der Waals surface area contributed by atoms with Crippen LogP contribution in [0.4, 0.5) is 0 Å². The third kappa shape index (κ3) is 5.68. The maximum Gasteiger partial charge on any atom is 0.337 e. The number of hydrogen-bond acceptors (Lipinski definition) is 8. The molecule has 29 heavy (non-hydrogen) atoms. The molecule has 152 valence electrons. The van der Waals surface area contributed by atoms with E-state index in [0.717, 1.165) is 17.9 Å². The molecule has 1 fully saturated rings. The van der Waals surface area contributed by atoms with Gasteiger partial charge in [-0.05, 0) is 30.2 Å². The van der Waals surface area contributed by atoms with Crippen LogP contribution in [0.5, 0.6) is 0 Å². The Kier molecular flexibility index (Phi) is 7.45. The highest BCUT2D eigenvalue weighted by atomic mass is 32.2. The lowest BCUT2D eigenvalue weighted by Crippen LogP contribution is -2.31. The minimum atomic E-state index is -0.412. The Morgan fingerprint density at radius 1 is 1.34 bits per heavy atom. The van der Waals surface area contributed by atoms with E-state index in [2.05, 4.69) is 15.0 Å². The molecule has 2 aliphatic rings. The molecular formula is C19H19N3O4S3. The molecular weight excluding hydrogens is 430 g/mol. The number of esters is 1. The maximum absolute atomic E-state index is 12.6. The second-order valence-electron chi connectivity index (χ2n) is 6.13. The fourth-order valence-corrected chi connectivity index (χ4v) is 4.72. The highest BCUT2D eigenvalue weighted by Crippen LogP contribution is 2.32. The molecule has 0 aliphatic carbocycles. The Balaban J connectivity index is 1.54. The summed E-state index contributed by atoms with van der Waals surface area (Å²) in [5, 5.41) is 3.44. The summed E-state index contributed by atoms with van der Waals surface area (Å²) >= 11 is 8.08. The van der Waals surface area contributed by atoms with E-state index in [1.165, 1.54) is 35.5 Å². The Bertz CT molecular complexity index is 896. The van der Waals surface area contributed by atoms with Crippen molar-refractivity contribution in [2.75, 3.05) is 26.0 Å². The lowest BCUT2D eigenvalue weighted by molar-refractivity contribution is -0.123. The van der Waals surface area contributed by atoms with Crippen LogP contribution < -0.4 is 5.32 Å². The number of benzene rings is 1. The summed E-state index contributed by atoms with van der Waals surface area (Å²) in [6, 6.07) is 6.77. The number of carbonyl (C=O) groups is 3. The zero-order valence-electron chi connectivity index (χ0n) is 15.7. The number of thioether (sulfide) groups is 2. The van der Waals surface area contributed by atoms with Gasteiger partial charge in [0, 0.05) is 18.7 Å². The van der Waals surface area contributed by atoms with Crippen LogP contribution in [0.3, 0.4) is 0 Å². The first kappa shape index (κ1) is 21.5. The number of methoxy groups -OCH3 is 1. The number of nitrogens with zero attached hydrogens (tertiary/aromatic N) is 2. The first-order valence-corrected chi connectivity index (χ1v) is 11.1. The van der Waals surface area contributed by atoms with Crippen molar-refractivity contribution in [2.24, 2.45) is 4.99 Å². The van der Waals surface area contributed by atoms with E-state index in [1.807, 2.05) is 0 Å². The molecule has 1 aromatic rings. The van der Waals surface area contributed by atoms with E-state index in [9.17, 15) is 14.4 Å². The van der Waals surface area contributed by atoms with Crippen LogP contribution in [0, 0.1) is 0 Å². The molecule has 1 aromatic carbocycles. The zero-order valence-corrected chi connectivity index (χ0v) is 18.1. The normalized spacial score (nSPS) is 17.6. The van der Waals surface area contributed by atoms with Crippen molar-refractivity contribution in [1.29, 1.82) is 0 Å². The summed E-state index contributed by atoms with van der Waals surface area (Å²) in [4.78, 5) is 42.3. The predicted molar refractivity (Wildman–Crippen MR) is 120 cm³/mol. The van der Waals surface area contributed by atoms with Gasteiger partial charge in [0.25, 0.3) is 5.91 Å². The SMILES string of the molecule is COC(=O)c1ccc(/C=C2\SC(=S)N(CCCC(=O)NC3=NCCS3)C2=O)cc1. The fraction of sp³-hybridized carbons (Fsp3) is 0.316. The summed E-state index contributed by atoms with van der Waals surface area (Å²) in [6.07, 6.45) is 2.55. The van der Waals surface area contributed by atoms with Crippen molar-refractivity contribution >= 4 is 69.1 Å². The van der Waals surface area contributed by atoms with Crippen molar-refractivity contribution in [2.45, 2.75) is 12.8 Å². The van der Waals surface area contributed by atoms with Gasteiger partial charge in [0.2, 0.25) is 5.91 Å². The molecule has 2 heterocycles. The van der Waals surface area contributed by atoms with Crippen LogP contribution in [0.25, 0.3) is 6.08 Å². The first-order valence-electron chi connectivity index (χ1n) is 8.89. The van der Waals surface area contributed by atoms with E-state index in [-0.39, 0.29) is 11.8 Å². The van der Waals surface area contributed by atoms with Gasteiger partial charge in [0.05, 0.1) is 24.1 Å². The van der Waals surface area contributed by atoms with Crippen LogP contribution in [0.2, 0.25) is 0 Å². The largest absolute Gasteiger partial charge is 0.465 e. The molecule has 0 saturated carbocycles. The Hall–Kier alpha value is -2.17. The van der Waals surface area contributed by atoms with Gasteiger partial charge in [-0.2, -0.15) is 0 Å². The van der Waals surface area contributed by atoms with Crippen LogP contribution in [0.15, 0.2) is 34.2 Å². The molecule has 0 radical (unpaired) electrons. The summed E-state index contributed by atoms with van der Waals surface area (Å²) in [5.74, 6) is 0.202. The molecule has 3 rings (SSSR count). The third-order valence-corrected chi connectivity index (χ3v) is 6.39. The first-order chi connectivity index (χ1) is 14.0. The van der Waals surface area contributed by atoms with E-state index in [4.69, 9.17) is 12.2 Å². The summed E-state index contributed by atoms with van der Waals surface area (Å²) < 4.78 is 5.15. The lowest BCUT2D eigenvalue weighted by atomic mass is 10.1. The number of amidine groups is 1. The number of carbonyl (C=O) groups excluding carboxylic acids is 3. The standard InChI is InChI=1S/C19H19N3O4S3/c1-26-17(25)13-6-4-12(5-7-13)11-14-16(24)22(19(27)29-14)9-2-3-15(23)21-18-20-8-10-28-18/h4-7,11H,2-3,8-10H2,1H3,(H,20,21,23)/b14-11-. The number of nitrogens with one attached hydrogen (secondary N) is 1. The van der Waals surface area contributed by atoms with Gasteiger partial charge in [0.1, 0.15) is 4.32 Å². The van der Waals surface area contributed by atoms with Crippen LogP contribution in [-0.2, 0) is 14.3 Å². The van der Waals surface area contributed by atoms with Gasteiger partial charge in [-0.15, -0.1) is 0 Å². The number of amides is 2. The van der Waals surface area contributed by atoms with Crippen molar-refractivity contribution in [1.82, 2.24) is 10.2 Å². The average molecular weight is 450 g/mol. The number of ether oxygens (including phenoxy) is 1. The number of thiocarbonyl (C=S) groups is 1. The molecule has 0 atom stereocenters. The minimum Gasteiger partial charge on any atom is -0.465 e. The molecule has 0 spiro atoms. The molecule has 1 N–H and O–H groups in total. The average Bonchev–Trinajstić information content (AvgIpc) is 3.31. The molecule has 0 bridgehead atoms. The zero-order chi connectivity index (χ0) is 20.8. The Labute approximate surface area is 182 Å². The van der Waals surface area contributed by atoms with Gasteiger partial charge in [-0.1, -0.05) is 47.9 Å². The van der Waals surface area contributed by atoms with E-state index in [0.29, 0.717) is 39.3 Å². The number of rotatable bonds is 6. The topological polar surface area (TPSA) is 88.1 Å². The highest BCUT2D eigenvalue weighted by Gasteiger charge is 2.31. The van der Waals surface area contributed by atoms with Crippen LogP contribution in [0.1, 0.15) is 28.8 Å². The smallest absolute Gasteiger partial charge is 0.337 e. The van der Waals surface area contributed by atoms with Crippen molar-refractivity contribution in [3.8, 4) is 0 Å². The number of aliphatic imine (C=N–C) groups is 1. The highest BCUT2D eigenvalue weighted by molar-refractivity contribution is 8.26. The van der Waals surface area contributed by atoms with Gasteiger partial charge in [-0.3, -0.25) is 19.5 Å². The molecule has 2 aliphatic heterocycles.